The van der Waals surface area contributed by atoms with E-state index in [0.29, 0.717) is 18.9 Å². The van der Waals surface area contributed by atoms with E-state index in [1.54, 1.807) is 0 Å². The maximum atomic E-state index is 10.6. The molecule has 1 heterocycles. The van der Waals surface area contributed by atoms with Crippen LogP contribution in [0.3, 0.4) is 0 Å². The fourth-order valence-corrected chi connectivity index (χ4v) is 2.54. The van der Waals surface area contributed by atoms with Crippen molar-refractivity contribution in [3.63, 3.8) is 0 Å². The fourth-order valence-electron chi connectivity index (χ4n) is 2.54. The number of nitrogens with zero attached hydrogens (tertiary/aromatic N) is 1. The molecular weight excluding hydrogens is 358 g/mol. The molecule has 1 aromatic heterocycles. The summed E-state index contributed by atoms with van der Waals surface area (Å²) >= 11 is 0. The number of aromatic nitrogens is 1. The molecule has 3 N–H and O–H groups in total. The number of rotatable bonds is 9. The van der Waals surface area contributed by atoms with Crippen LogP contribution in [-0.2, 0) is 17.9 Å². The summed E-state index contributed by atoms with van der Waals surface area (Å²) in [7, 11) is 0. The van der Waals surface area contributed by atoms with Gasteiger partial charge in [0.15, 0.2) is 5.76 Å². The lowest BCUT2D eigenvalue weighted by molar-refractivity contribution is 0.145. The van der Waals surface area contributed by atoms with Crippen LogP contribution < -0.4 is 15.8 Å². The summed E-state index contributed by atoms with van der Waals surface area (Å²) in [6.45, 7) is 3.07. The predicted octanol–water partition coefficient (Wildman–Crippen LogP) is 3.49. The monoisotopic (exact) mass is 381 g/mol. The lowest BCUT2D eigenvalue weighted by Gasteiger charge is -2.11. The number of hydrogen-bond acceptors (Lipinski definition) is 6. The molecule has 0 bridgehead atoms. The van der Waals surface area contributed by atoms with E-state index < -0.39 is 6.09 Å². The highest BCUT2D eigenvalue weighted by Crippen LogP contribution is 2.23. The van der Waals surface area contributed by atoms with Gasteiger partial charge in [0.2, 0.25) is 0 Å². The van der Waals surface area contributed by atoms with Crippen LogP contribution in [0.2, 0.25) is 0 Å². The Balaban J connectivity index is 1.51. The average molecular weight is 381 g/mol. The van der Waals surface area contributed by atoms with Crippen LogP contribution in [0, 0.1) is 0 Å². The lowest BCUT2D eigenvalue weighted by Crippen LogP contribution is -2.32. The highest BCUT2D eigenvalue weighted by Gasteiger charge is 2.09. The number of primary amides is 1. The second-order valence-corrected chi connectivity index (χ2v) is 6.39. The maximum Gasteiger partial charge on any atom is 0.404 e. The van der Waals surface area contributed by atoms with Crippen molar-refractivity contribution in [3.05, 3.63) is 72.0 Å². The quantitative estimate of drug-likeness (QED) is 0.588. The van der Waals surface area contributed by atoms with Gasteiger partial charge in [-0.2, -0.15) is 0 Å². The number of carbonyl (C=O) groups excluding carboxylic acids is 1. The SMILES string of the molecule is CC(COC(N)=O)NCc1cc(-c2ccc(OCc3ccccc3)cc2)no1. The van der Waals surface area contributed by atoms with Crippen LogP contribution >= 0.6 is 0 Å². The molecule has 28 heavy (non-hydrogen) atoms. The number of amides is 1. The van der Waals surface area contributed by atoms with Crippen molar-refractivity contribution in [1.29, 1.82) is 0 Å². The number of ether oxygens (including phenoxy) is 2. The molecule has 0 radical (unpaired) electrons. The Kier molecular flexibility index (Phi) is 6.64. The zero-order chi connectivity index (χ0) is 19.8. The molecule has 2 aromatic carbocycles. The van der Waals surface area contributed by atoms with Crippen molar-refractivity contribution in [1.82, 2.24) is 10.5 Å². The third-order valence-electron chi connectivity index (χ3n) is 4.06. The molecule has 0 saturated carbocycles. The zero-order valence-corrected chi connectivity index (χ0v) is 15.6. The lowest BCUT2D eigenvalue weighted by atomic mass is 10.1. The summed E-state index contributed by atoms with van der Waals surface area (Å²) in [5.74, 6) is 1.48. The standard InChI is InChI=1S/C21H23N3O4/c1-15(13-27-21(22)25)23-12-19-11-20(24-28-19)17-7-9-18(10-8-17)26-14-16-5-3-2-4-6-16/h2-11,15,23H,12-14H2,1H3,(H2,22,25). The van der Waals surface area contributed by atoms with Crippen molar-refractivity contribution >= 4 is 6.09 Å². The first-order valence-corrected chi connectivity index (χ1v) is 8.98. The Hall–Kier alpha value is -3.32. The van der Waals surface area contributed by atoms with Crippen LogP contribution in [0.5, 0.6) is 5.75 Å². The molecule has 0 saturated heterocycles. The normalized spacial score (nSPS) is 11.8. The number of carbonyl (C=O) groups is 1. The van der Waals surface area contributed by atoms with E-state index >= 15 is 0 Å². The zero-order valence-electron chi connectivity index (χ0n) is 15.6. The van der Waals surface area contributed by atoms with E-state index in [1.807, 2.05) is 67.6 Å². The van der Waals surface area contributed by atoms with Crippen LogP contribution in [0.25, 0.3) is 11.3 Å². The Morgan fingerprint density at radius 2 is 1.93 bits per heavy atom. The molecule has 146 valence electrons. The first-order chi connectivity index (χ1) is 13.6. The third kappa shape index (κ3) is 5.85. The van der Waals surface area contributed by atoms with Gasteiger partial charge >= 0.3 is 6.09 Å². The second kappa shape index (κ2) is 9.57. The van der Waals surface area contributed by atoms with Crippen molar-refractivity contribution in [2.24, 2.45) is 5.73 Å². The largest absolute Gasteiger partial charge is 0.489 e. The van der Waals surface area contributed by atoms with Crippen molar-refractivity contribution in [2.75, 3.05) is 6.61 Å². The van der Waals surface area contributed by atoms with Gasteiger partial charge in [-0.1, -0.05) is 35.5 Å². The molecular formula is C21H23N3O4. The minimum Gasteiger partial charge on any atom is -0.489 e. The van der Waals surface area contributed by atoms with Gasteiger partial charge in [-0.15, -0.1) is 0 Å². The number of hydrogen-bond donors (Lipinski definition) is 2. The number of nitrogens with one attached hydrogen (secondary N) is 1. The predicted molar refractivity (Wildman–Crippen MR) is 105 cm³/mol. The van der Waals surface area contributed by atoms with Gasteiger partial charge < -0.3 is 25.0 Å². The summed E-state index contributed by atoms with van der Waals surface area (Å²) in [6.07, 6.45) is -0.785. The molecule has 1 unspecified atom stereocenters. The van der Waals surface area contributed by atoms with Gasteiger partial charge in [0, 0.05) is 17.7 Å². The molecule has 0 aliphatic rings. The van der Waals surface area contributed by atoms with E-state index in [9.17, 15) is 4.79 Å². The van der Waals surface area contributed by atoms with E-state index in [1.165, 1.54) is 0 Å². The first kappa shape index (κ1) is 19.4. The Labute approximate surface area is 163 Å². The summed E-state index contributed by atoms with van der Waals surface area (Å²) < 4.78 is 15.9. The molecule has 0 spiro atoms. The summed E-state index contributed by atoms with van der Waals surface area (Å²) in [5, 5.41) is 7.27. The van der Waals surface area contributed by atoms with Gasteiger partial charge in [-0.05, 0) is 36.8 Å². The highest BCUT2D eigenvalue weighted by atomic mass is 16.5. The van der Waals surface area contributed by atoms with Gasteiger partial charge in [-0.3, -0.25) is 0 Å². The maximum absolute atomic E-state index is 10.6. The van der Waals surface area contributed by atoms with Gasteiger partial charge in [0.1, 0.15) is 24.7 Å². The van der Waals surface area contributed by atoms with Crippen molar-refractivity contribution in [3.8, 4) is 17.0 Å². The van der Waals surface area contributed by atoms with Crippen LogP contribution in [0.1, 0.15) is 18.2 Å². The van der Waals surface area contributed by atoms with E-state index in [4.69, 9.17) is 19.7 Å². The topological polar surface area (TPSA) is 99.6 Å². The summed E-state index contributed by atoms with van der Waals surface area (Å²) in [6, 6.07) is 19.5. The second-order valence-electron chi connectivity index (χ2n) is 6.39. The summed E-state index contributed by atoms with van der Waals surface area (Å²) in [4.78, 5) is 10.6. The molecule has 3 rings (SSSR count). The van der Waals surface area contributed by atoms with Gasteiger partial charge in [0.05, 0.1) is 6.54 Å². The minimum atomic E-state index is -0.785. The third-order valence-corrected chi connectivity index (χ3v) is 4.06. The van der Waals surface area contributed by atoms with Gasteiger partial charge in [-0.25, -0.2) is 4.79 Å². The van der Waals surface area contributed by atoms with Crippen LogP contribution in [0.4, 0.5) is 4.79 Å². The van der Waals surface area contributed by atoms with Gasteiger partial charge in [0.25, 0.3) is 0 Å². The number of nitrogens with two attached hydrogens (primary N) is 1. The Morgan fingerprint density at radius 1 is 1.18 bits per heavy atom. The highest BCUT2D eigenvalue weighted by molar-refractivity contribution is 5.64. The first-order valence-electron chi connectivity index (χ1n) is 8.98. The minimum absolute atomic E-state index is 0.0536. The fraction of sp³-hybridized carbons (Fsp3) is 0.238. The molecule has 0 aliphatic heterocycles. The molecule has 1 atom stereocenters. The smallest absolute Gasteiger partial charge is 0.404 e. The van der Waals surface area contributed by atoms with E-state index in [-0.39, 0.29) is 12.6 Å². The van der Waals surface area contributed by atoms with Crippen molar-refractivity contribution in [2.45, 2.75) is 26.1 Å². The van der Waals surface area contributed by atoms with E-state index in [2.05, 4.69) is 10.5 Å². The molecule has 1 amide bonds. The van der Waals surface area contributed by atoms with Crippen molar-refractivity contribution < 1.29 is 18.8 Å². The molecule has 3 aromatic rings. The molecule has 7 heteroatoms. The summed E-state index contributed by atoms with van der Waals surface area (Å²) in [5.41, 5.74) is 7.75. The van der Waals surface area contributed by atoms with Crippen LogP contribution in [0.15, 0.2) is 65.2 Å². The van der Waals surface area contributed by atoms with Crippen LogP contribution in [-0.4, -0.2) is 23.9 Å². The molecule has 0 fully saturated rings. The average Bonchev–Trinajstić information content (AvgIpc) is 3.19. The Bertz CT molecular complexity index is 878. The van der Waals surface area contributed by atoms with E-state index in [0.717, 1.165) is 22.6 Å². The number of benzene rings is 2. The molecule has 7 nitrogen and oxygen atoms in total. The Morgan fingerprint density at radius 3 is 2.64 bits per heavy atom. The molecule has 0 aliphatic carbocycles.